The highest BCUT2D eigenvalue weighted by atomic mass is 35.5. The number of pyridine rings is 1. The first kappa shape index (κ1) is 9.47. The molecular weight excluding hydrogens is 194 g/mol. The Kier molecular flexibility index (Phi) is 2.42. The number of benzene rings is 1. The molecule has 0 saturated carbocycles. The maximum atomic E-state index is 6.04. The van der Waals surface area contributed by atoms with E-state index in [2.05, 4.69) is 30.1 Å². The fraction of sp³-hybridized carbons (Fsp3) is 0.250. The molecule has 0 amide bonds. The number of nitrogens with zero attached hydrogens (tertiary/aromatic N) is 1. The van der Waals surface area contributed by atoms with E-state index in [4.69, 9.17) is 11.6 Å². The molecule has 0 N–H and O–H groups in total. The van der Waals surface area contributed by atoms with Crippen LogP contribution in [0.4, 0.5) is 0 Å². The van der Waals surface area contributed by atoms with Crippen LogP contribution in [-0.2, 0) is 6.42 Å². The first-order valence-electron chi connectivity index (χ1n) is 4.76. The number of rotatable bonds is 1. The minimum absolute atomic E-state index is 0.790. The first-order chi connectivity index (χ1) is 6.70. The Morgan fingerprint density at radius 1 is 1.29 bits per heavy atom. The van der Waals surface area contributed by atoms with Crippen molar-refractivity contribution in [2.75, 3.05) is 0 Å². The zero-order valence-corrected chi connectivity index (χ0v) is 9.10. The van der Waals surface area contributed by atoms with Crippen molar-refractivity contribution in [1.82, 2.24) is 4.98 Å². The Balaban J connectivity index is 2.70. The van der Waals surface area contributed by atoms with Crippen molar-refractivity contribution in [3.8, 4) is 0 Å². The van der Waals surface area contributed by atoms with Gasteiger partial charge in [0.05, 0.1) is 5.52 Å². The van der Waals surface area contributed by atoms with E-state index in [1.165, 1.54) is 0 Å². The lowest BCUT2D eigenvalue weighted by molar-refractivity contribution is 1.06. The van der Waals surface area contributed by atoms with Crippen molar-refractivity contribution < 1.29 is 0 Å². The first-order valence-corrected chi connectivity index (χ1v) is 5.14. The van der Waals surface area contributed by atoms with Gasteiger partial charge in [0.15, 0.2) is 0 Å². The van der Waals surface area contributed by atoms with Crippen LogP contribution in [0.1, 0.15) is 18.2 Å². The summed E-state index contributed by atoms with van der Waals surface area (Å²) in [7, 11) is 0. The van der Waals surface area contributed by atoms with Crippen LogP contribution in [0.15, 0.2) is 24.3 Å². The minimum atomic E-state index is 0.790. The quantitative estimate of drug-likeness (QED) is 0.691. The van der Waals surface area contributed by atoms with E-state index in [1.807, 2.05) is 13.0 Å². The van der Waals surface area contributed by atoms with Gasteiger partial charge in [0.1, 0.15) is 0 Å². The largest absolute Gasteiger partial charge is 0.253 e. The van der Waals surface area contributed by atoms with Crippen LogP contribution in [0.25, 0.3) is 10.9 Å². The summed E-state index contributed by atoms with van der Waals surface area (Å²) in [6, 6.07) is 8.18. The van der Waals surface area contributed by atoms with Gasteiger partial charge in [-0.3, -0.25) is 4.98 Å². The van der Waals surface area contributed by atoms with Crippen LogP contribution in [0.3, 0.4) is 0 Å². The van der Waals surface area contributed by atoms with Crippen LogP contribution >= 0.6 is 11.6 Å². The third-order valence-electron chi connectivity index (χ3n) is 2.39. The number of hydrogen-bond acceptors (Lipinski definition) is 1. The van der Waals surface area contributed by atoms with Crippen LogP contribution in [0.2, 0.25) is 5.02 Å². The van der Waals surface area contributed by atoms with Crippen molar-refractivity contribution in [2.45, 2.75) is 20.3 Å². The van der Waals surface area contributed by atoms with Crippen molar-refractivity contribution >= 4 is 22.5 Å². The fourth-order valence-corrected chi connectivity index (χ4v) is 1.66. The molecule has 0 aliphatic carbocycles. The van der Waals surface area contributed by atoms with E-state index < -0.39 is 0 Å². The Morgan fingerprint density at radius 3 is 2.79 bits per heavy atom. The third kappa shape index (κ3) is 1.60. The molecule has 2 rings (SSSR count). The zero-order valence-electron chi connectivity index (χ0n) is 8.34. The Labute approximate surface area is 88.7 Å². The predicted molar refractivity (Wildman–Crippen MR) is 60.9 cm³/mol. The van der Waals surface area contributed by atoms with Crippen LogP contribution in [0, 0.1) is 6.92 Å². The zero-order chi connectivity index (χ0) is 10.1. The number of halogens is 1. The lowest BCUT2D eigenvalue weighted by Crippen LogP contribution is -1.88. The number of aryl methyl sites for hydroxylation is 2. The highest BCUT2D eigenvalue weighted by Gasteiger charge is 2.00. The Morgan fingerprint density at radius 2 is 2.07 bits per heavy atom. The van der Waals surface area contributed by atoms with E-state index >= 15 is 0 Å². The molecule has 0 radical (unpaired) electrons. The Hall–Kier alpha value is -1.08. The molecule has 2 aromatic rings. The molecule has 0 unspecified atom stereocenters. The van der Waals surface area contributed by atoms with E-state index in [1.54, 1.807) is 0 Å². The van der Waals surface area contributed by atoms with Crippen molar-refractivity contribution in [1.29, 1.82) is 0 Å². The van der Waals surface area contributed by atoms with Crippen molar-refractivity contribution in [3.05, 3.63) is 40.5 Å². The second kappa shape index (κ2) is 3.58. The van der Waals surface area contributed by atoms with E-state index in [-0.39, 0.29) is 0 Å². The normalized spacial score (nSPS) is 10.8. The van der Waals surface area contributed by atoms with Gasteiger partial charge in [0, 0.05) is 16.1 Å². The molecule has 1 aromatic carbocycles. The molecule has 1 nitrogen and oxygen atoms in total. The smallest absolute Gasteiger partial charge is 0.0720 e. The van der Waals surface area contributed by atoms with Gasteiger partial charge in [-0.05, 0) is 37.1 Å². The molecule has 0 spiro atoms. The summed E-state index contributed by atoms with van der Waals surface area (Å²) < 4.78 is 0. The van der Waals surface area contributed by atoms with Crippen molar-refractivity contribution in [3.63, 3.8) is 0 Å². The number of hydrogen-bond donors (Lipinski definition) is 0. The molecule has 0 fully saturated rings. The number of aromatic nitrogens is 1. The van der Waals surface area contributed by atoms with Crippen LogP contribution in [0.5, 0.6) is 0 Å². The topological polar surface area (TPSA) is 12.9 Å². The minimum Gasteiger partial charge on any atom is -0.253 e. The van der Waals surface area contributed by atoms with Gasteiger partial charge in [0.2, 0.25) is 0 Å². The lowest BCUT2D eigenvalue weighted by Gasteiger charge is -2.03. The Bertz CT molecular complexity index is 477. The molecule has 0 aliphatic heterocycles. The average Bonchev–Trinajstić information content (AvgIpc) is 2.19. The summed E-state index contributed by atoms with van der Waals surface area (Å²) >= 11 is 6.04. The highest BCUT2D eigenvalue weighted by molar-refractivity contribution is 6.32. The van der Waals surface area contributed by atoms with Gasteiger partial charge in [-0.1, -0.05) is 24.6 Å². The van der Waals surface area contributed by atoms with Crippen molar-refractivity contribution in [2.24, 2.45) is 0 Å². The lowest BCUT2D eigenvalue weighted by atomic mass is 10.1. The summed E-state index contributed by atoms with van der Waals surface area (Å²) in [6.45, 7) is 4.11. The summed E-state index contributed by atoms with van der Waals surface area (Å²) in [5, 5.41) is 1.95. The summed E-state index contributed by atoms with van der Waals surface area (Å²) in [6.07, 6.45) is 0.960. The van der Waals surface area contributed by atoms with Gasteiger partial charge in [0.25, 0.3) is 0 Å². The van der Waals surface area contributed by atoms with E-state index in [9.17, 15) is 0 Å². The molecule has 0 saturated heterocycles. The third-order valence-corrected chi connectivity index (χ3v) is 2.80. The van der Waals surface area contributed by atoms with E-state index in [0.717, 1.165) is 33.6 Å². The number of fused-ring (bicyclic) bond motifs is 1. The van der Waals surface area contributed by atoms with Gasteiger partial charge < -0.3 is 0 Å². The molecule has 14 heavy (non-hydrogen) atoms. The molecule has 72 valence electrons. The molecule has 0 aliphatic rings. The van der Waals surface area contributed by atoms with Gasteiger partial charge in [-0.25, -0.2) is 0 Å². The highest BCUT2D eigenvalue weighted by Crippen LogP contribution is 2.22. The standard InChI is InChI=1S/C12H12ClN/c1-3-10-5-4-9-6-8(2)11(13)7-12(9)14-10/h4-7H,3H2,1-2H3. The van der Waals surface area contributed by atoms with Gasteiger partial charge in [-0.2, -0.15) is 0 Å². The van der Waals surface area contributed by atoms with Gasteiger partial charge >= 0.3 is 0 Å². The van der Waals surface area contributed by atoms with Gasteiger partial charge in [-0.15, -0.1) is 0 Å². The molecule has 1 aromatic heterocycles. The summed E-state index contributed by atoms with van der Waals surface area (Å²) in [5.74, 6) is 0. The SMILES string of the molecule is CCc1ccc2cc(C)c(Cl)cc2n1. The molecule has 1 heterocycles. The maximum absolute atomic E-state index is 6.04. The average molecular weight is 206 g/mol. The molecule has 0 bridgehead atoms. The second-order valence-corrected chi connectivity index (χ2v) is 3.86. The summed E-state index contributed by atoms with van der Waals surface area (Å²) in [5.41, 5.74) is 3.20. The fourth-order valence-electron chi connectivity index (χ4n) is 1.50. The summed E-state index contributed by atoms with van der Waals surface area (Å²) in [4.78, 5) is 4.51. The van der Waals surface area contributed by atoms with E-state index in [0.29, 0.717) is 0 Å². The van der Waals surface area contributed by atoms with Crippen LogP contribution in [-0.4, -0.2) is 4.98 Å². The van der Waals surface area contributed by atoms with Crippen LogP contribution < -0.4 is 0 Å². The predicted octanol–water partition coefficient (Wildman–Crippen LogP) is 3.76. The second-order valence-electron chi connectivity index (χ2n) is 3.45. The molecule has 0 atom stereocenters. The monoisotopic (exact) mass is 205 g/mol. The maximum Gasteiger partial charge on any atom is 0.0720 e. The molecule has 2 heteroatoms. The molecular formula is C12H12ClN.